The Bertz CT molecular complexity index is 822. The molecule has 0 fully saturated rings. The maximum Gasteiger partial charge on any atom is 0.276 e. The third-order valence-electron chi connectivity index (χ3n) is 4.16. The van der Waals surface area contributed by atoms with Crippen LogP contribution in [0.1, 0.15) is 43.1 Å². The van der Waals surface area contributed by atoms with Crippen molar-refractivity contribution in [3.63, 3.8) is 0 Å². The van der Waals surface area contributed by atoms with Gasteiger partial charge in [0.2, 0.25) is 0 Å². The Morgan fingerprint density at radius 2 is 1.76 bits per heavy atom. The van der Waals surface area contributed by atoms with Crippen LogP contribution in [0.25, 0.3) is 0 Å². The van der Waals surface area contributed by atoms with Crippen LogP contribution >= 0.6 is 15.9 Å². The summed E-state index contributed by atoms with van der Waals surface area (Å²) in [5.74, 6) is 0.946. The summed E-state index contributed by atoms with van der Waals surface area (Å²) in [4.78, 5) is 24.1. The maximum absolute atomic E-state index is 12.2. The summed E-state index contributed by atoms with van der Waals surface area (Å²) in [5, 5.41) is 0. The summed E-state index contributed by atoms with van der Waals surface area (Å²) < 4.78 is 11.8. The molecule has 7 heteroatoms. The largest absolute Gasteiger partial charge is 0.492 e. The highest BCUT2D eigenvalue weighted by Gasteiger charge is 2.11. The third kappa shape index (κ3) is 7.77. The van der Waals surface area contributed by atoms with E-state index in [1.165, 1.54) is 5.56 Å². The number of carbonyl (C=O) groups excluding carboxylic acids is 2. The Morgan fingerprint density at radius 1 is 1.03 bits per heavy atom. The lowest BCUT2D eigenvalue weighted by Crippen LogP contribution is -2.43. The molecule has 0 unspecified atom stereocenters. The van der Waals surface area contributed by atoms with E-state index in [2.05, 4.69) is 47.6 Å². The van der Waals surface area contributed by atoms with E-state index in [-0.39, 0.29) is 6.61 Å². The van der Waals surface area contributed by atoms with Crippen LogP contribution in [0.15, 0.2) is 46.9 Å². The number of halogens is 1. The summed E-state index contributed by atoms with van der Waals surface area (Å²) in [7, 11) is 0. The van der Waals surface area contributed by atoms with Crippen molar-refractivity contribution in [3.05, 3.63) is 58.1 Å². The molecule has 0 atom stereocenters. The number of amides is 2. The Balaban J connectivity index is 1.78. The van der Waals surface area contributed by atoms with E-state index in [1.807, 2.05) is 24.3 Å². The zero-order valence-electron chi connectivity index (χ0n) is 17.0. The molecule has 0 aromatic heterocycles. The smallest absolute Gasteiger partial charge is 0.276 e. The molecule has 156 valence electrons. The molecule has 0 radical (unpaired) electrons. The molecule has 0 heterocycles. The lowest BCUT2D eigenvalue weighted by atomic mass is 10.1. The zero-order chi connectivity index (χ0) is 21.2. The second-order valence-electron chi connectivity index (χ2n) is 6.96. The van der Waals surface area contributed by atoms with Gasteiger partial charge in [-0.3, -0.25) is 20.4 Å². The predicted octanol–water partition coefficient (Wildman–Crippen LogP) is 4.28. The first-order chi connectivity index (χ1) is 13.9. The summed E-state index contributed by atoms with van der Waals surface area (Å²) in [5.41, 5.74) is 6.31. The van der Waals surface area contributed by atoms with Crippen molar-refractivity contribution in [3.8, 4) is 11.5 Å². The average molecular weight is 463 g/mol. The van der Waals surface area contributed by atoms with Gasteiger partial charge in [0, 0.05) is 5.56 Å². The number of carbonyl (C=O) groups is 2. The SMILES string of the molecule is CCc1ccc(OCC(=O)NNC(=O)c2ccc(OCCC(C)C)c(Br)c2)cc1. The average Bonchev–Trinajstić information content (AvgIpc) is 2.71. The van der Waals surface area contributed by atoms with E-state index in [1.54, 1.807) is 18.2 Å². The highest BCUT2D eigenvalue weighted by molar-refractivity contribution is 9.10. The van der Waals surface area contributed by atoms with Crippen LogP contribution in [0.3, 0.4) is 0 Å². The molecule has 0 saturated carbocycles. The number of aryl methyl sites for hydroxylation is 1. The molecule has 0 aliphatic carbocycles. The van der Waals surface area contributed by atoms with Crippen LogP contribution in [-0.4, -0.2) is 25.0 Å². The van der Waals surface area contributed by atoms with E-state index in [9.17, 15) is 9.59 Å². The third-order valence-corrected chi connectivity index (χ3v) is 4.78. The quantitative estimate of drug-likeness (QED) is 0.545. The van der Waals surface area contributed by atoms with Crippen molar-refractivity contribution in [1.29, 1.82) is 0 Å². The maximum atomic E-state index is 12.2. The van der Waals surface area contributed by atoms with Gasteiger partial charge in [-0.1, -0.05) is 32.9 Å². The molecular weight excluding hydrogens is 436 g/mol. The molecule has 2 amide bonds. The second-order valence-corrected chi connectivity index (χ2v) is 7.82. The van der Waals surface area contributed by atoms with Gasteiger partial charge in [0.15, 0.2) is 6.61 Å². The highest BCUT2D eigenvalue weighted by Crippen LogP contribution is 2.26. The van der Waals surface area contributed by atoms with Gasteiger partial charge < -0.3 is 9.47 Å². The normalized spacial score (nSPS) is 10.5. The molecule has 2 rings (SSSR count). The molecule has 2 aromatic rings. The number of hydrogen-bond acceptors (Lipinski definition) is 4. The summed E-state index contributed by atoms with van der Waals surface area (Å²) in [6.45, 7) is 6.75. The number of hydrazine groups is 1. The minimum absolute atomic E-state index is 0.196. The van der Waals surface area contributed by atoms with E-state index in [0.717, 1.165) is 12.8 Å². The van der Waals surface area contributed by atoms with Crippen molar-refractivity contribution in [2.24, 2.45) is 5.92 Å². The molecule has 0 spiro atoms. The number of benzene rings is 2. The fourth-order valence-corrected chi connectivity index (χ4v) is 2.86. The summed E-state index contributed by atoms with van der Waals surface area (Å²) in [6, 6.07) is 12.5. The van der Waals surface area contributed by atoms with E-state index in [4.69, 9.17) is 9.47 Å². The molecule has 0 bridgehead atoms. The first-order valence-corrected chi connectivity index (χ1v) is 10.4. The number of hydrogen-bond donors (Lipinski definition) is 2. The van der Waals surface area contributed by atoms with Crippen LogP contribution in [0.4, 0.5) is 0 Å². The summed E-state index contributed by atoms with van der Waals surface area (Å²) >= 11 is 3.41. The fourth-order valence-electron chi connectivity index (χ4n) is 2.37. The van der Waals surface area contributed by atoms with Gasteiger partial charge in [-0.2, -0.15) is 0 Å². The first-order valence-electron chi connectivity index (χ1n) is 9.62. The van der Waals surface area contributed by atoms with Gasteiger partial charge >= 0.3 is 0 Å². The van der Waals surface area contributed by atoms with Crippen molar-refractivity contribution >= 4 is 27.7 Å². The Hall–Kier alpha value is -2.54. The predicted molar refractivity (Wildman–Crippen MR) is 116 cm³/mol. The zero-order valence-corrected chi connectivity index (χ0v) is 18.5. The van der Waals surface area contributed by atoms with E-state index in [0.29, 0.717) is 34.1 Å². The topological polar surface area (TPSA) is 76.7 Å². The molecule has 0 aliphatic heterocycles. The molecule has 0 saturated heterocycles. The van der Waals surface area contributed by atoms with Crippen molar-refractivity contribution in [1.82, 2.24) is 10.9 Å². The standard InChI is InChI=1S/C22H27BrN2O4/c1-4-16-5-8-18(9-6-16)29-14-21(26)24-25-22(27)17-7-10-20(19(23)13-17)28-12-11-15(2)3/h5-10,13,15H,4,11-12,14H2,1-3H3,(H,24,26)(H,25,27). The van der Waals surface area contributed by atoms with Gasteiger partial charge in [-0.05, 0) is 70.6 Å². The number of rotatable bonds is 9. The van der Waals surface area contributed by atoms with Crippen molar-refractivity contribution < 1.29 is 19.1 Å². The van der Waals surface area contributed by atoms with Gasteiger partial charge in [-0.15, -0.1) is 0 Å². The number of ether oxygens (including phenoxy) is 2. The van der Waals surface area contributed by atoms with E-state index >= 15 is 0 Å². The Labute approximate surface area is 180 Å². The van der Waals surface area contributed by atoms with Crippen molar-refractivity contribution in [2.45, 2.75) is 33.6 Å². The molecule has 29 heavy (non-hydrogen) atoms. The molecule has 0 aliphatic rings. The lowest BCUT2D eigenvalue weighted by molar-refractivity contribution is -0.123. The van der Waals surface area contributed by atoms with Gasteiger partial charge in [0.1, 0.15) is 11.5 Å². The first kappa shape index (κ1) is 22.7. The second kappa shape index (κ2) is 11.5. The van der Waals surface area contributed by atoms with Crippen LogP contribution in [-0.2, 0) is 11.2 Å². The minimum Gasteiger partial charge on any atom is -0.492 e. The van der Waals surface area contributed by atoms with Crippen LogP contribution in [0.2, 0.25) is 0 Å². The van der Waals surface area contributed by atoms with Crippen LogP contribution < -0.4 is 20.3 Å². The molecule has 2 aromatic carbocycles. The molecular formula is C22H27BrN2O4. The Morgan fingerprint density at radius 3 is 2.38 bits per heavy atom. The van der Waals surface area contributed by atoms with Crippen LogP contribution in [0.5, 0.6) is 11.5 Å². The van der Waals surface area contributed by atoms with Gasteiger partial charge in [-0.25, -0.2) is 0 Å². The van der Waals surface area contributed by atoms with Gasteiger partial charge in [0.05, 0.1) is 11.1 Å². The monoisotopic (exact) mass is 462 g/mol. The minimum atomic E-state index is -0.453. The van der Waals surface area contributed by atoms with Crippen LogP contribution in [0, 0.1) is 5.92 Å². The fraction of sp³-hybridized carbons (Fsp3) is 0.364. The van der Waals surface area contributed by atoms with Gasteiger partial charge in [0.25, 0.3) is 11.8 Å². The summed E-state index contributed by atoms with van der Waals surface area (Å²) in [6.07, 6.45) is 1.89. The van der Waals surface area contributed by atoms with E-state index < -0.39 is 11.8 Å². The lowest BCUT2D eigenvalue weighted by Gasteiger charge is -2.12. The van der Waals surface area contributed by atoms with Crippen molar-refractivity contribution in [2.75, 3.05) is 13.2 Å². The highest BCUT2D eigenvalue weighted by atomic mass is 79.9. The number of nitrogens with one attached hydrogen (secondary N) is 2. The molecule has 6 nitrogen and oxygen atoms in total. The Kier molecular flexibility index (Phi) is 8.99. The molecule has 2 N–H and O–H groups in total.